The van der Waals surface area contributed by atoms with E-state index in [9.17, 15) is 0 Å². The summed E-state index contributed by atoms with van der Waals surface area (Å²) >= 11 is 0. The van der Waals surface area contributed by atoms with Crippen molar-refractivity contribution in [1.82, 2.24) is 0 Å². The molecule has 0 radical (unpaired) electrons. The van der Waals surface area contributed by atoms with Crippen molar-refractivity contribution in [3.05, 3.63) is 0 Å². The van der Waals surface area contributed by atoms with Gasteiger partial charge in [0.25, 0.3) is 0 Å². The number of hydrogen-bond acceptors (Lipinski definition) is 1. The van der Waals surface area contributed by atoms with Gasteiger partial charge in [-0.15, -0.1) is 0 Å². The Balaban J connectivity index is -0.0000000800. The third-order valence-corrected chi connectivity index (χ3v) is 0. The summed E-state index contributed by atoms with van der Waals surface area (Å²) < 4.78 is 8.88. The Bertz CT molecular complexity index is 57.8. The molecule has 0 aromatic rings. The van der Waals surface area contributed by atoms with E-state index >= 15 is 0 Å². The SMILES string of the molecule is O=P(O)(O)O.[AlH3].[Ce]. The molecule has 7 heavy (non-hydrogen) atoms. The summed E-state index contributed by atoms with van der Waals surface area (Å²) in [6.45, 7) is 0. The van der Waals surface area contributed by atoms with Gasteiger partial charge in [0.2, 0.25) is 0 Å². The van der Waals surface area contributed by atoms with Crippen LogP contribution in [0.4, 0.5) is 0 Å². The molecular formula is H6AlCeO4P. The van der Waals surface area contributed by atoms with E-state index in [1.54, 1.807) is 0 Å². The maximum absolute atomic E-state index is 8.88. The molecule has 0 aromatic carbocycles. The van der Waals surface area contributed by atoms with E-state index in [1.165, 1.54) is 0 Å². The van der Waals surface area contributed by atoms with Crippen LogP contribution >= 0.6 is 7.82 Å². The standard InChI is InChI=1S/Al.Ce.H3O4P.3H/c;;1-5(2,3)4;;;/h;;(H3,1,2,3,4);;;. The molecule has 42 valence electrons. The van der Waals surface area contributed by atoms with Crippen molar-refractivity contribution in [3.63, 3.8) is 0 Å². The third-order valence-electron chi connectivity index (χ3n) is 0. The average Bonchev–Trinajstić information content (AvgIpc) is 0.722. The maximum Gasteiger partial charge on any atom is 0.466 e. The van der Waals surface area contributed by atoms with E-state index in [1.807, 2.05) is 0 Å². The third kappa shape index (κ3) is 71.3. The van der Waals surface area contributed by atoms with E-state index in [0.717, 1.165) is 0 Å². The van der Waals surface area contributed by atoms with Gasteiger partial charge < -0.3 is 14.7 Å². The van der Waals surface area contributed by atoms with Crippen LogP contribution in [-0.4, -0.2) is 32.0 Å². The molecule has 4 nitrogen and oxygen atoms in total. The topological polar surface area (TPSA) is 77.8 Å². The van der Waals surface area contributed by atoms with E-state index in [4.69, 9.17) is 19.2 Å². The second-order valence-corrected chi connectivity index (χ2v) is 1.54. The molecule has 0 aromatic heterocycles. The zero-order valence-corrected chi connectivity index (χ0v) is 6.73. The number of hydrogen-bond donors (Lipinski definition) is 3. The molecule has 3 N–H and O–H groups in total. The first-order chi connectivity index (χ1) is 2.00. The van der Waals surface area contributed by atoms with Crippen molar-refractivity contribution in [2.24, 2.45) is 0 Å². The average molecular weight is 268 g/mol. The van der Waals surface area contributed by atoms with Gasteiger partial charge in [-0.05, 0) is 0 Å². The van der Waals surface area contributed by atoms with E-state index in [-0.39, 0.29) is 59.1 Å². The fourth-order valence-corrected chi connectivity index (χ4v) is 0. The minimum absolute atomic E-state index is 0. The minimum Gasteiger partial charge on any atom is -0.303 e. The van der Waals surface area contributed by atoms with E-state index in [0.29, 0.717) is 0 Å². The Morgan fingerprint density at radius 3 is 1.14 bits per heavy atom. The van der Waals surface area contributed by atoms with Crippen LogP contribution in [-0.2, 0) is 4.57 Å². The first-order valence-corrected chi connectivity index (χ1v) is 2.35. The van der Waals surface area contributed by atoms with E-state index < -0.39 is 7.82 Å². The first kappa shape index (κ1) is 16.0. The second kappa shape index (κ2) is 6.14. The molecule has 0 fully saturated rings. The van der Waals surface area contributed by atoms with Crippen molar-refractivity contribution in [1.29, 1.82) is 0 Å². The van der Waals surface area contributed by atoms with Gasteiger partial charge in [-0.25, -0.2) is 4.57 Å². The smallest absolute Gasteiger partial charge is 0.303 e. The van der Waals surface area contributed by atoms with Crippen molar-refractivity contribution >= 4 is 25.2 Å². The maximum atomic E-state index is 8.88. The predicted octanol–water partition coefficient (Wildman–Crippen LogP) is -2.11. The Morgan fingerprint density at radius 2 is 1.14 bits per heavy atom. The zero-order valence-electron chi connectivity index (χ0n) is 2.70. The molecule has 0 bridgehead atoms. The van der Waals surface area contributed by atoms with Gasteiger partial charge in [0, 0.05) is 41.7 Å². The molecule has 0 saturated heterocycles. The van der Waals surface area contributed by atoms with Crippen molar-refractivity contribution in [3.8, 4) is 0 Å². The second-order valence-electron chi connectivity index (χ2n) is 0.513. The number of phosphoric acid groups is 1. The molecular weight excluding hydrogens is 262 g/mol. The largest absolute Gasteiger partial charge is 0.466 e. The fourth-order valence-electron chi connectivity index (χ4n) is 0. The summed E-state index contributed by atoms with van der Waals surface area (Å²) in [5, 5.41) is 0. The fraction of sp³-hybridized carbons (Fsp3) is 0. The van der Waals surface area contributed by atoms with Gasteiger partial charge >= 0.3 is 7.82 Å². The summed E-state index contributed by atoms with van der Waals surface area (Å²) in [5.74, 6) is 0. The Kier molecular flexibility index (Phi) is 14.1. The molecule has 0 unspecified atom stereocenters. The van der Waals surface area contributed by atoms with Gasteiger partial charge in [0.15, 0.2) is 17.4 Å². The zero-order chi connectivity index (χ0) is 4.50. The van der Waals surface area contributed by atoms with Gasteiger partial charge in [-0.1, -0.05) is 0 Å². The summed E-state index contributed by atoms with van der Waals surface area (Å²) in [7, 11) is -4.64. The van der Waals surface area contributed by atoms with Gasteiger partial charge in [0.1, 0.15) is 0 Å². The molecule has 0 heterocycles. The molecule has 0 aliphatic carbocycles. The summed E-state index contributed by atoms with van der Waals surface area (Å²) in [6, 6.07) is 0. The predicted molar refractivity (Wildman–Crippen MR) is 24.2 cm³/mol. The van der Waals surface area contributed by atoms with Crippen LogP contribution in [0.1, 0.15) is 0 Å². The minimum atomic E-state index is -4.64. The van der Waals surface area contributed by atoms with Crippen molar-refractivity contribution in [2.75, 3.05) is 0 Å². The van der Waals surface area contributed by atoms with E-state index in [2.05, 4.69) is 0 Å². The molecule has 0 rings (SSSR count). The Labute approximate surface area is 85.1 Å². The van der Waals surface area contributed by atoms with Crippen LogP contribution in [0, 0.1) is 41.7 Å². The van der Waals surface area contributed by atoms with Gasteiger partial charge in [-0.2, -0.15) is 0 Å². The monoisotopic (exact) mass is 268 g/mol. The van der Waals surface area contributed by atoms with Crippen LogP contribution in [0.25, 0.3) is 0 Å². The Hall–Kier alpha value is 2.02. The van der Waals surface area contributed by atoms with Crippen LogP contribution in [0.2, 0.25) is 0 Å². The van der Waals surface area contributed by atoms with Gasteiger partial charge in [0.05, 0.1) is 0 Å². The number of rotatable bonds is 0. The van der Waals surface area contributed by atoms with Crippen LogP contribution in [0.3, 0.4) is 0 Å². The molecule has 0 spiro atoms. The molecule has 0 aliphatic heterocycles. The molecule has 0 aliphatic rings. The normalized spacial score (nSPS) is 8.43. The van der Waals surface area contributed by atoms with Gasteiger partial charge in [-0.3, -0.25) is 0 Å². The van der Waals surface area contributed by atoms with Crippen molar-refractivity contribution < 1.29 is 61.0 Å². The molecule has 0 atom stereocenters. The summed E-state index contributed by atoms with van der Waals surface area (Å²) in [5.41, 5.74) is 0. The quantitative estimate of drug-likeness (QED) is 0.347. The molecule has 7 heteroatoms. The summed E-state index contributed by atoms with van der Waals surface area (Å²) in [6.07, 6.45) is 0. The first-order valence-electron chi connectivity index (χ1n) is 0.783. The summed E-state index contributed by atoms with van der Waals surface area (Å²) in [4.78, 5) is 21.6. The molecule has 0 saturated carbocycles. The van der Waals surface area contributed by atoms with Crippen LogP contribution in [0.5, 0.6) is 0 Å². The van der Waals surface area contributed by atoms with Crippen LogP contribution < -0.4 is 0 Å². The van der Waals surface area contributed by atoms with Crippen molar-refractivity contribution in [2.45, 2.75) is 0 Å². The Morgan fingerprint density at radius 1 is 1.14 bits per heavy atom. The molecule has 0 amide bonds. The van der Waals surface area contributed by atoms with Crippen LogP contribution in [0.15, 0.2) is 0 Å².